The van der Waals surface area contributed by atoms with Gasteiger partial charge >= 0.3 is 0 Å². The minimum absolute atomic E-state index is 0.183. The van der Waals surface area contributed by atoms with Crippen molar-refractivity contribution in [3.05, 3.63) is 47.8 Å². The molecule has 2 N–H and O–H groups in total. The summed E-state index contributed by atoms with van der Waals surface area (Å²) < 4.78 is 20.0. The number of hydrogen-bond donors (Lipinski definition) is 2. The smallest absolute Gasteiger partial charge is 0.191 e. The summed E-state index contributed by atoms with van der Waals surface area (Å²) in [7, 11) is 1.78. The zero-order valence-corrected chi connectivity index (χ0v) is 17.8. The molecule has 0 saturated carbocycles. The van der Waals surface area contributed by atoms with Gasteiger partial charge in [-0.05, 0) is 63.5 Å². The van der Waals surface area contributed by atoms with Gasteiger partial charge in [0, 0.05) is 38.9 Å². The molecule has 2 saturated heterocycles. The van der Waals surface area contributed by atoms with Crippen LogP contribution in [0.25, 0.3) is 0 Å². The summed E-state index contributed by atoms with van der Waals surface area (Å²) in [5, 5.41) is 6.96. The van der Waals surface area contributed by atoms with Crippen molar-refractivity contribution in [2.24, 2.45) is 4.99 Å². The van der Waals surface area contributed by atoms with Gasteiger partial charge < -0.3 is 20.0 Å². The maximum atomic E-state index is 14.0. The van der Waals surface area contributed by atoms with Crippen LogP contribution in [0, 0.1) is 12.7 Å². The van der Waals surface area contributed by atoms with Crippen molar-refractivity contribution in [2.75, 3.05) is 44.7 Å². The van der Waals surface area contributed by atoms with E-state index in [1.54, 1.807) is 19.3 Å². The molecule has 0 aliphatic carbocycles. The Balaban J connectivity index is 1.34. The van der Waals surface area contributed by atoms with Gasteiger partial charge in [0.05, 0.1) is 6.04 Å². The number of anilines is 1. The van der Waals surface area contributed by atoms with Gasteiger partial charge in [-0.25, -0.2) is 9.37 Å². The van der Waals surface area contributed by atoms with Gasteiger partial charge in [-0.1, -0.05) is 0 Å². The van der Waals surface area contributed by atoms with Crippen LogP contribution in [0.1, 0.15) is 36.8 Å². The van der Waals surface area contributed by atoms with Crippen LogP contribution in [0.4, 0.5) is 10.2 Å². The molecular formula is C22H31FN6O. The monoisotopic (exact) mass is 414 g/mol. The summed E-state index contributed by atoms with van der Waals surface area (Å²) in [5.74, 6) is 2.84. The molecule has 2 atom stereocenters. The summed E-state index contributed by atoms with van der Waals surface area (Å²) in [6.07, 6.45) is 4.99. The second-order valence-corrected chi connectivity index (χ2v) is 8.05. The second-order valence-electron chi connectivity index (χ2n) is 8.05. The first-order chi connectivity index (χ1) is 14.6. The fraction of sp³-hybridized carbons (Fsp3) is 0.545. The van der Waals surface area contributed by atoms with Crippen LogP contribution in [-0.4, -0.2) is 61.7 Å². The van der Waals surface area contributed by atoms with E-state index in [4.69, 9.17) is 4.42 Å². The fourth-order valence-corrected chi connectivity index (χ4v) is 4.36. The number of aliphatic imine (C=N–C) groups is 1. The molecular weight excluding hydrogens is 383 g/mol. The Morgan fingerprint density at radius 3 is 2.83 bits per heavy atom. The molecule has 2 unspecified atom stereocenters. The van der Waals surface area contributed by atoms with Crippen molar-refractivity contribution in [3.63, 3.8) is 0 Å². The molecule has 2 fully saturated rings. The third-order valence-corrected chi connectivity index (χ3v) is 5.93. The highest BCUT2D eigenvalue weighted by molar-refractivity contribution is 5.80. The van der Waals surface area contributed by atoms with E-state index in [-0.39, 0.29) is 17.9 Å². The van der Waals surface area contributed by atoms with Gasteiger partial charge in [-0.2, -0.15) is 0 Å². The van der Waals surface area contributed by atoms with Crippen LogP contribution in [0.5, 0.6) is 0 Å². The third-order valence-electron chi connectivity index (χ3n) is 5.93. The molecule has 2 aliphatic heterocycles. The molecule has 0 bridgehead atoms. The zero-order chi connectivity index (χ0) is 20.9. The number of aromatic nitrogens is 1. The number of nitrogens with one attached hydrogen (secondary N) is 2. The number of guanidine groups is 1. The Labute approximate surface area is 177 Å². The predicted molar refractivity (Wildman–Crippen MR) is 116 cm³/mol. The lowest BCUT2D eigenvalue weighted by Crippen LogP contribution is -2.47. The lowest BCUT2D eigenvalue weighted by atomic mass is 10.2. The molecule has 7 nitrogen and oxygen atoms in total. The highest BCUT2D eigenvalue weighted by Crippen LogP contribution is 2.26. The summed E-state index contributed by atoms with van der Waals surface area (Å²) in [6, 6.07) is 7.55. The highest BCUT2D eigenvalue weighted by atomic mass is 19.1. The summed E-state index contributed by atoms with van der Waals surface area (Å²) in [6.45, 7) is 6.34. The fourth-order valence-electron chi connectivity index (χ4n) is 4.36. The molecule has 0 aromatic carbocycles. The average molecular weight is 415 g/mol. The van der Waals surface area contributed by atoms with Gasteiger partial charge in [0.15, 0.2) is 17.6 Å². The number of hydrogen-bond acceptors (Lipinski definition) is 5. The van der Waals surface area contributed by atoms with Crippen LogP contribution in [0.2, 0.25) is 0 Å². The minimum Gasteiger partial charge on any atom is -0.465 e. The van der Waals surface area contributed by atoms with Gasteiger partial charge in [-0.15, -0.1) is 0 Å². The number of furan rings is 1. The number of rotatable bonds is 6. The Morgan fingerprint density at radius 2 is 2.13 bits per heavy atom. The normalized spacial score (nSPS) is 21.2. The number of nitrogens with zero attached hydrogens (tertiary/aromatic N) is 4. The Kier molecular flexibility index (Phi) is 6.52. The molecule has 4 heterocycles. The van der Waals surface area contributed by atoms with Crippen LogP contribution in [-0.2, 0) is 0 Å². The SMILES string of the molecule is CN=C(NCC(c1ccc(C)o1)N1CCCC1)NC1CCN(c2ncccc2F)C1. The predicted octanol–water partition coefficient (Wildman–Crippen LogP) is 2.70. The van der Waals surface area contributed by atoms with Gasteiger partial charge in [0.1, 0.15) is 11.5 Å². The third kappa shape index (κ3) is 4.75. The lowest BCUT2D eigenvalue weighted by molar-refractivity contribution is 0.213. The van der Waals surface area contributed by atoms with E-state index in [0.717, 1.165) is 50.1 Å². The number of likely N-dealkylation sites (tertiary alicyclic amines) is 1. The van der Waals surface area contributed by atoms with Gasteiger partial charge in [0.2, 0.25) is 0 Å². The van der Waals surface area contributed by atoms with E-state index in [1.807, 2.05) is 17.9 Å². The average Bonchev–Trinajstić information content (AvgIpc) is 3.50. The van der Waals surface area contributed by atoms with Crippen molar-refractivity contribution in [3.8, 4) is 0 Å². The second kappa shape index (κ2) is 9.47. The Hall–Kier alpha value is -2.61. The van der Waals surface area contributed by atoms with Gasteiger partial charge in [-0.3, -0.25) is 9.89 Å². The van der Waals surface area contributed by atoms with E-state index in [1.165, 1.54) is 18.9 Å². The van der Waals surface area contributed by atoms with E-state index < -0.39 is 0 Å². The molecule has 30 heavy (non-hydrogen) atoms. The van der Waals surface area contributed by atoms with Crippen LogP contribution in [0.15, 0.2) is 39.9 Å². The first-order valence-corrected chi connectivity index (χ1v) is 10.8. The maximum Gasteiger partial charge on any atom is 0.191 e. The number of pyridine rings is 1. The molecule has 8 heteroatoms. The topological polar surface area (TPSA) is 68.9 Å². The zero-order valence-electron chi connectivity index (χ0n) is 17.8. The van der Waals surface area contributed by atoms with Crippen molar-refractivity contribution >= 4 is 11.8 Å². The minimum atomic E-state index is -0.275. The summed E-state index contributed by atoms with van der Waals surface area (Å²) in [5.41, 5.74) is 0. The van der Waals surface area contributed by atoms with E-state index in [0.29, 0.717) is 12.4 Å². The maximum absolute atomic E-state index is 14.0. The molecule has 2 aromatic heterocycles. The lowest BCUT2D eigenvalue weighted by Gasteiger charge is -2.27. The molecule has 0 amide bonds. The van der Waals surface area contributed by atoms with Crippen LogP contribution in [0.3, 0.4) is 0 Å². The first-order valence-electron chi connectivity index (χ1n) is 10.8. The van der Waals surface area contributed by atoms with Crippen molar-refractivity contribution in [2.45, 2.75) is 38.3 Å². The Bertz CT molecular complexity index is 863. The molecule has 2 aromatic rings. The quantitative estimate of drug-likeness (QED) is 0.560. The summed E-state index contributed by atoms with van der Waals surface area (Å²) in [4.78, 5) is 13.1. The van der Waals surface area contributed by atoms with Gasteiger partial charge in [0.25, 0.3) is 0 Å². The molecule has 0 radical (unpaired) electrons. The molecule has 4 rings (SSSR count). The van der Waals surface area contributed by atoms with E-state index >= 15 is 0 Å². The Morgan fingerprint density at radius 1 is 1.30 bits per heavy atom. The van der Waals surface area contributed by atoms with Crippen molar-refractivity contribution in [1.29, 1.82) is 0 Å². The van der Waals surface area contributed by atoms with Crippen LogP contribution >= 0.6 is 0 Å². The molecule has 162 valence electrons. The first kappa shape index (κ1) is 20.7. The van der Waals surface area contributed by atoms with Crippen molar-refractivity contribution in [1.82, 2.24) is 20.5 Å². The summed E-state index contributed by atoms with van der Waals surface area (Å²) >= 11 is 0. The van der Waals surface area contributed by atoms with E-state index in [9.17, 15) is 4.39 Å². The highest BCUT2D eigenvalue weighted by Gasteiger charge is 2.28. The standard InChI is InChI=1S/C22H31FN6O/c1-16-7-8-20(30-16)19(28-11-3-4-12-28)14-26-22(24-2)27-17-9-13-29(15-17)21-18(23)6-5-10-25-21/h5-8,10,17,19H,3-4,9,11-15H2,1-2H3,(H2,24,26,27). The largest absolute Gasteiger partial charge is 0.465 e. The van der Waals surface area contributed by atoms with Crippen LogP contribution < -0.4 is 15.5 Å². The van der Waals surface area contributed by atoms with E-state index in [2.05, 4.69) is 31.6 Å². The molecule has 2 aliphatic rings. The molecule has 0 spiro atoms. The number of halogens is 1. The van der Waals surface area contributed by atoms with Crippen molar-refractivity contribution < 1.29 is 8.81 Å². The number of aryl methyl sites for hydroxylation is 1.